The third-order valence-electron chi connectivity index (χ3n) is 5.71. The molecule has 0 radical (unpaired) electrons. The molecular weight excluding hydrogens is 406 g/mol. The van der Waals surface area contributed by atoms with Crippen LogP contribution in [-0.2, 0) is 0 Å². The van der Waals surface area contributed by atoms with Crippen molar-refractivity contribution in [1.82, 2.24) is 9.66 Å². The highest BCUT2D eigenvalue weighted by Gasteiger charge is 2.35. The van der Waals surface area contributed by atoms with E-state index in [1.54, 1.807) is 18.3 Å². The Balaban J connectivity index is 1.68. The van der Waals surface area contributed by atoms with Crippen molar-refractivity contribution in [3.8, 4) is 5.75 Å². The number of nitrogens with zero attached hydrogens (tertiary/aromatic N) is 4. The fraction of sp³-hybridized carbons (Fsp3) is 0.350. The minimum Gasteiger partial charge on any atom is -0.477 e. The molecule has 9 nitrogen and oxygen atoms in total. The molecule has 4 heterocycles. The van der Waals surface area contributed by atoms with E-state index in [0.29, 0.717) is 35.6 Å². The van der Waals surface area contributed by atoms with Crippen LogP contribution >= 0.6 is 11.3 Å². The van der Waals surface area contributed by atoms with Crippen LogP contribution in [0.5, 0.6) is 5.75 Å². The number of pyridine rings is 1. The Bertz CT molecular complexity index is 1190. The number of hydrogen-bond acceptors (Lipinski definition) is 8. The van der Waals surface area contributed by atoms with Gasteiger partial charge in [0.15, 0.2) is 11.4 Å². The molecular formula is C20H21N5O4S. The predicted octanol–water partition coefficient (Wildman–Crippen LogP) is 2.15. The van der Waals surface area contributed by atoms with Crippen LogP contribution in [0.1, 0.15) is 23.7 Å². The van der Waals surface area contributed by atoms with Gasteiger partial charge in [-0.15, -0.1) is 11.3 Å². The summed E-state index contributed by atoms with van der Waals surface area (Å²) < 4.78 is 7.79. The zero-order valence-corrected chi connectivity index (χ0v) is 17.3. The third kappa shape index (κ3) is 2.78. The minimum atomic E-state index is -1.23. The quantitative estimate of drug-likeness (QED) is 0.653. The lowest BCUT2D eigenvalue weighted by Crippen LogP contribution is -2.48. The summed E-state index contributed by atoms with van der Waals surface area (Å²) in [5.74, 6) is -0.256. The Morgan fingerprint density at radius 1 is 1.40 bits per heavy atom. The number of carboxylic acid groups (broad SMARTS) is 1. The first-order valence-corrected chi connectivity index (χ1v) is 10.6. The fourth-order valence-electron chi connectivity index (χ4n) is 4.22. The number of hydrogen-bond donors (Lipinski definition) is 2. The number of para-hydroxylation sites is 1. The molecule has 2 atom stereocenters. The molecule has 30 heavy (non-hydrogen) atoms. The molecule has 0 bridgehead atoms. The Labute approximate surface area is 176 Å². The van der Waals surface area contributed by atoms with E-state index in [2.05, 4.69) is 10.3 Å². The van der Waals surface area contributed by atoms with Crippen LogP contribution in [0.25, 0.3) is 10.9 Å². The van der Waals surface area contributed by atoms with Gasteiger partial charge in [-0.2, -0.15) is 0 Å². The summed E-state index contributed by atoms with van der Waals surface area (Å²) in [6.45, 7) is 3.08. The first-order valence-electron chi connectivity index (χ1n) is 9.71. The second-order valence-electron chi connectivity index (χ2n) is 7.50. The number of rotatable bonds is 4. The molecule has 2 aromatic heterocycles. The highest BCUT2D eigenvalue weighted by atomic mass is 32.1. The molecule has 2 aliphatic rings. The molecule has 156 valence electrons. The van der Waals surface area contributed by atoms with E-state index in [1.165, 1.54) is 11.3 Å². The largest absolute Gasteiger partial charge is 0.477 e. The van der Waals surface area contributed by atoms with Gasteiger partial charge in [0.25, 0.3) is 0 Å². The topological polar surface area (TPSA) is 99.9 Å². The molecule has 2 aliphatic heterocycles. The smallest absolute Gasteiger partial charge is 0.343 e. The number of carboxylic acids is 1. The number of carbonyl (C=O) groups is 1. The van der Waals surface area contributed by atoms with Gasteiger partial charge in [0.2, 0.25) is 5.43 Å². The summed E-state index contributed by atoms with van der Waals surface area (Å²) >= 11 is 1.52. The van der Waals surface area contributed by atoms with Crippen LogP contribution in [0.2, 0.25) is 0 Å². The van der Waals surface area contributed by atoms with Gasteiger partial charge in [0, 0.05) is 37.8 Å². The van der Waals surface area contributed by atoms with Gasteiger partial charge in [0.05, 0.1) is 5.39 Å². The fourth-order valence-corrected chi connectivity index (χ4v) is 4.83. The monoisotopic (exact) mass is 427 g/mol. The van der Waals surface area contributed by atoms with E-state index in [-0.39, 0.29) is 17.8 Å². The lowest BCUT2D eigenvalue weighted by atomic mass is 10.1. The van der Waals surface area contributed by atoms with E-state index >= 15 is 0 Å². The lowest BCUT2D eigenvalue weighted by Gasteiger charge is -2.39. The maximum atomic E-state index is 13.2. The average molecular weight is 427 g/mol. The summed E-state index contributed by atoms with van der Waals surface area (Å²) in [7, 11) is 1.83. The molecule has 10 heteroatoms. The standard InChI is InChI=1S/C20H21N5O4S/c1-11-23(2)25-16-13(4-3-5-14(16)29-11)17(26)15(19(27)28)18(25)24-8-6-12(10-24)22-20-21-7-9-30-20/h3-5,7,9,11-12H,6,8,10H2,1-2H3,(H,21,22)(H,27,28)/t11-,12-/m1/s1. The summed E-state index contributed by atoms with van der Waals surface area (Å²) in [4.78, 5) is 31.7. The van der Waals surface area contributed by atoms with Gasteiger partial charge >= 0.3 is 5.97 Å². The molecule has 0 amide bonds. The molecule has 5 rings (SSSR count). The maximum Gasteiger partial charge on any atom is 0.343 e. The van der Waals surface area contributed by atoms with Crippen LogP contribution in [0.4, 0.5) is 10.9 Å². The molecule has 0 spiro atoms. The first-order chi connectivity index (χ1) is 14.5. The second kappa shape index (κ2) is 6.91. The normalized spacial score (nSPS) is 20.5. The number of ether oxygens (including phenoxy) is 1. The molecule has 3 aromatic rings. The lowest BCUT2D eigenvalue weighted by molar-refractivity contribution is 0.0695. The second-order valence-corrected chi connectivity index (χ2v) is 8.40. The predicted molar refractivity (Wildman–Crippen MR) is 116 cm³/mol. The summed E-state index contributed by atoms with van der Waals surface area (Å²) in [5.41, 5.74) is -0.108. The van der Waals surface area contributed by atoms with E-state index in [9.17, 15) is 14.7 Å². The zero-order chi connectivity index (χ0) is 21.0. The van der Waals surface area contributed by atoms with Gasteiger partial charge < -0.3 is 20.1 Å². The van der Waals surface area contributed by atoms with Crippen LogP contribution in [0, 0.1) is 0 Å². The number of anilines is 2. The van der Waals surface area contributed by atoms with Crippen molar-refractivity contribution < 1.29 is 14.6 Å². The van der Waals surface area contributed by atoms with Crippen LogP contribution < -0.4 is 25.4 Å². The zero-order valence-electron chi connectivity index (χ0n) is 16.5. The van der Waals surface area contributed by atoms with Crippen molar-refractivity contribution in [2.45, 2.75) is 25.6 Å². The molecule has 1 fully saturated rings. The Kier molecular flexibility index (Phi) is 4.31. The number of benzene rings is 1. The molecule has 0 unspecified atom stereocenters. The maximum absolute atomic E-state index is 13.2. The van der Waals surface area contributed by atoms with E-state index in [4.69, 9.17) is 4.74 Å². The van der Waals surface area contributed by atoms with Gasteiger partial charge in [-0.05, 0) is 25.5 Å². The molecule has 1 saturated heterocycles. The van der Waals surface area contributed by atoms with Gasteiger partial charge in [0.1, 0.15) is 22.6 Å². The van der Waals surface area contributed by atoms with Crippen LogP contribution in [0.3, 0.4) is 0 Å². The van der Waals surface area contributed by atoms with Crippen molar-refractivity contribution in [1.29, 1.82) is 0 Å². The first kappa shape index (κ1) is 18.7. The van der Waals surface area contributed by atoms with E-state index < -0.39 is 11.4 Å². The van der Waals surface area contributed by atoms with Crippen LogP contribution in [-0.4, -0.2) is 53.1 Å². The summed E-state index contributed by atoms with van der Waals surface area (Å²) in [6.07, 6.45) is 2.23. The number of nitrogens with one attached hydrogen (secondary N) is 1. The highest BCUT2D eigenvalue weighted by Crippen LogP contribution is 2.36. The number of aromatic nitrogens is 2. The molecule has 1 aromatic carbocycles. The summed E-state index contributed by atoms with van der Waals surface area (Å²) in [5, 5.41) is 18.3. The van der Waals surface area contributed by atoms with Crippen molar-refractivity contribution in [2.75, 3.05) is 35.4 Å². The Morgan fingerprint density at radius 2 is 2.23 bits per heavy atom. The van der Waals surface area contributed by atoms with E-state index in [1.807, 2.05) is 40.0 Å². The SMILES string of the molecule is C[C@H]1Oc2cccc3c(=O)c(C(=O)O)c(N4CC[C@@H](Nc5nccs5)C4)n(c23)N1C. The van der Waals surface area contributed by atoms with Crippen molar-refractivity contribution in [3.63, 3.8) is 0 Å². The van der Waals surface area contributed by atoms with Crippen molar-refractivity contribution in [3.05, 3.63) is 45.6 Å². The number of aromatic carboxylic acids is 1. The van der Waals surface area contributed by atoms with Gasteiger partial charge in [-0.1, -0.05) is 6.07 Å². The minimum absolute atomic E-state index is 0.106. The summed E-state index contributed by atoms with van der Waals surface area (Å²) in [6, 6.07) is 5.28. The van der Waals surface area contributed by atoms with Gasteiger partial charge in [-0.3, -0.25) is 9.80 Å². The van der Waals surface area contributed by atoms with Crippen LogP contribution in [0.15, 0.2) is 34.6 Å². The molecule has 0 saturated carbocycles. The van der Waals surface area contributed by atoms with Gasteiger partial charge in [-0.25, -0.2) is 14.5 Å². The van der Waals surface area contributed by atoms with Crippen molar-refractivity contribution >= 4 is 39.2 Å². The third-order valence-corrected chi connectivity index (χ3v) is 6.41. The number of thiazole rings is 1. The van der Waals surface area contributed by atoms with Crippen molar-refractivity contribution in [2.24, 2.45) is 0 Å². The average Bonchev–Trinajstić information content (AvgIpc) is 3.39. The Hall–Kier alpha value is -3.27. The van der Waals surface area contributed by atoms with E-state index in [0.717, 1.165) is 11.6 Å². The highest BCUT2D eigenvalue weighted by molar-refractivity contribution is 7.13. The molecule has 0 aliphatic carbocycles. The Morgan fingerprint density at radius 3 is 2.97 bits per heavy atom. The molecule has 2 N–H and O–H groups in total.